The summed E-state index contributed by atoms with van der Waals surface area (Å²) in [6.45, 7) is 5.07. The number of carbonyl (C=O) groups excluding carboxylic acids is 1. The second-order valence-electron chi connectivity index (χ2n) is 6.36. The summed E-state index contributed by atoms with van der Waals surface area (Å²) in [6, 6.07) is 0.352. The maximum Gasteiger partial charge on any atom is 0.273 e. The average molecular weight is 332 g/mol. The zero-order chi connectivity index (χ0) is 16.4. The molecule has 2 atom stereocenters. The lowest BCUT2D eigenvalue weighted by atomic mass is 9.84. The quantitative estimate of drug-likeness (QED) is 0.860. The largest absolute Gasteiger partial charge is 0.334 e. The zero-order valence-electron chi connectivity index (χ0n) is 14.0. The summed E-state index contributed by atoms with van der Waals surface area (Å²) in [4.78, 5) is 19.5. The summed E-state index contributed by atoms with van der Waals surface area (Å²) in [5.74, 6) is 0.640. The Morgan fingerprint density at radius 3 is 2.87 bits per heavy atom. The van der Waals surface area contributed by atoms with Gasteiger partial charge in [-0.05, 0) is 25.7 Å². The van der Waals surface area contributed by atoms with Crippen LogP contribution >= 0.6 is 11.3 Å². The van der Waals surface area contributed by atoms with Crippen LogP contribution in [0.25, 0.3) is 10.6 Å². The minimum Gasteiger partial charge on any atom is -0.334 e. The van der Waals surface area contributed by atoms with Gasteiger partial charge in [0.2, 0.25) is 0 Å². The van der Waals surface area contributed by atoms with Crippen molar-refractivity contribution in [3.8, 4) is 10.6 Å². The Hall–Kier alpha value is -1.69. The van der Waals surface area contributed by atoms with E-state index in [-0.39, 0.29) is 5.91 Å². The highest BCUT2D eigenvalue weighted by atomic mass is 32.1. The SMILES string of the molecule is CCN(C(=O)c1csc(-c2cnn(C)c2)n1)C1CCCCC1C. The van der Waals surface area contributed by atoms with Crippen molar-refractivity contribution < 1.29 is 4.79 Å². The number of amides is 1. The molecule has 0 spiro atoms. The van der Waals surface area contributed by atoms with Gasteiger partial charge in [-0.25, -0.2) is 4.98 Å². The molecule has 1 aliphatic rings. The van der Waals surface area contributed by atoms with Crippen LogP contribution in [-0.2, 0) is 7.05 Å². The summed E-state index contributed by atoms with van der Waals surface area (Å²) < 4.78 is 1.75. The van der Waals surface area contributed by atoms with Crippen molar-refractivity contribution in [2.45, 2.75) is 45.6 Å². The van der Waals surface area contributed by atoms with E-state index >= 15 is 0 Å². The predicted octanol–water partition coefficient (Wildman–Crippen LogP) is 3.58. The fourth-order valence-corrected chi connectivity index (χ4v) is 4.24. The zero-order valence-corrected chi connectivity index (χ0v) is 14.8. The lowest BCUT2D eigenvalue weighted by molar-refractivity contribution is 0.0565. The Morgan fingerprint density at radius 2 is 2.22 bits per heavy atom. The monoisotopic (exact) mass is 332 g/mol. The Balaban J connectivity index is 1.80. The van der Waals surface area contributed by atoms with Crippen molar-refractivity contribution in [1.29, 1.82) is 0 Å². The first-order valence-electron chi connectivity index (χ1n) is 8.35. The molecule has 0 aliphatic heterocycles. The van der Waals surface area contributed by atoms with Gasteiger partial charge < -0.3 is 4.90 Å². The van der Waals surface area contributed by atoms with E-state index in [1.165, 1.54) is 30.6 Å². The van der Waals surface area contributed by atoms with Crippen LogP contribution in [0.1, 0.15) is 50.0 Å². The second kappa shape index (κ2) is 6.83. The molecule has 1 aliphatic carbocycles. The molecule has 1 saturated carbocycles. The Bertz CT molecular complexity index is 678. The van der Waals surface area contributed by atoms with Crippen molar-refractivity contribution in [2.75, 3.05) is 6.54 Å². The van der Waals surface area contributed by atoms with Crippen LogP contribution in [0.15, 0.2) is 17.8 Å². The fraction of sp³-hybridized carbons (Fsp3) is 0.588. The third-order valence-corrected chi connectivity index (χ3v) is 5.63. The molecule has 23 heavy (non-hydrogen) atoms. The van der Waals surface area contributed by atoms with E-state index < -0.39 is 0 Å². The molecule has 2 unspecified atom stereocenters. The topological polar surface area (TPSA) is 51.0 Å². The molecule has 1 amide bonds. The van der Waals surface area contributed by atoms with Crippen LogP contribution in [0.5, 0.6) is 0 Å². The van der Waals surface area contributed by atoms with E-state index in [0.29, 0.717) is 17.7 Å². The minimum atomic E-state index is 0.0673. The molecule has 3 rings (SSSR count). The van der Waals surface area contributed by atoms with Crippen LogP contribution in [0.4, 0.5) is 0 Å². The molecule has 2 heterocycles. The van der Waals surface area contributed by atoms with Gasteiger partial charge in [-0.2, -0.15) is 5.10 Å². The highest BCUT2D eigenvalue weighted by molar-refractivity contribution is 7.13. The molecule has 0 radical (unpaired) electrons. The molecule has 0 N–H and O–H groups in total. The Kier molecular flexibility index (Phi) is 4.80. The number of thiazole rings is 1. The lowest BCUT2D eigenvalue weighted by Gasteiger charge is -2.37. The predicted molar refractivity (Wildman–Crippen MR) is 92.4 cm³/mol. The van der Waals surface area contributed by atoms with Crippen LogP contribution in [0.2, 0.25) is 0 Å². The van der Waals surface area contributed by atoms with Gasteiger partial charge in [0.05, 0.1) is 6.20 Å². The minimum absolute atomic E-state index is 0.0673. The molecular weight excluding hydrogens is 308 g/mol. The number of aromatic nitrogens is 3. The second-order valence-corrected chi connectivity index (χ2v) is 7.22. The van der Waals surface area contributed by atoms with E-state index in [0.717, 1.165) is 23.5 Å². The fourth-order valence-electron chi connectivity index (χ4n) is 3.47. The number of hydrogen-bond acceptors (Lipinski definition) is 4. The molecule has 2 aromatic heterocycles. The van der Waals surface area contributed by atoms with E-state index in [2.05, 4.69) is 23.9 Å². The Labute approximate surface area is 141 Å². The number of carbonyl (C=O) groups is 1. The van der Waals surface area contributed by atoms with Crippen molar-refractivity contribution in [1.82, 2.24) is 19.7 Å². The highest BCUT2D eigenvalue weighted by Crippen LogP contribution is 2.30. The van der Waals surface area contributed by atoms with Crippen molar-refractivity contribution >= 4 is 17.2 Å². The molecule has 0 bridgehead atoms. The maximum atomic E-state index is 12.9. The Morgan fingerprint density at radius 1 is 1.43 bits per heavy atom. The van der Waals surface area contributed by atoms with E-state index in [9.17, 15) is 4.79 Å². The molecule has 124 valence electrons. The van der Waals surface area contributed by atoms with E-state index in [1.807, 2.05) is 23.5 Å². The molecule has 1 fully saturated rings. The van der Waals surface area contributed by atoms with Gasteiger partial charge in [0.25, 0.3) is 5.91 Å². The molecule has 2 aromatic rings. The summed E-state index contributed by atoms with van der Waals surface area (Å²) >= 11 is 1.51. The van der Waals surface area contributed by atoms with Gasteiger partial charge >= 0.3 is 0 Å². The first kappa shape index (κ1) is 16.2. The van der Waals surface area contributed by atoms with Crippen LogP contribution in [0, 0.1) is 5.92 Å². The number of rotatable bonds is 4. The van der Waals surface area contributed by atoms with E-state index in [4.69, 9.17) is 0 Å². The van der Waals surface area contributed by atoms with Gasteiger partial charge in [0.15, 0.2) is 0 Å². The molecule has 6 heteroatoms. The van der Waals surface area contributed by atoms with Gasteiger partial charge in [-0.3, -0.25) is 9.48 Å². The van der Waals surface area contributed by atoms with Crippen molar-refractivity contribution in [3.05, 3.63) is 23.5 Å². The van der Waals surface area contributed by atoms with Crippen molar-refractivity contribution in [3.63, 3.8) is 0 Å². The highest BCUT2D eigenvalue weighted by Gasteiger charge is 2.31. The van der Waals surface area contributed by atoms with Gasteiger partial charge in [0.1, 0.15) is 10.7 Å². The maximum absolute atomic E-state index is 12.9. The van der Waals surface area contributed by atoms with Crippen LogP contribution in [0.3, 0.4) is 0 Å². The third-order valence-electron chi connectivity index (χ3n) is 4.74. The van der Waals surface area contributed by atoms with Crippen molar-refractivity contribution in [2.24, 2.45) is 13.0 Å². The normalized spacial score (nSPS) is 21.3. The van der Waals surface area contributed by atoms with Crippen LogP contribution < -0.4 is 0 Å². The molecular formula is C17H24N4OS. The molecule has 0 aromatic carbocycles. The third kappa shape index (κ3) is 3.32. The lowest BCUT2D eigenvalue weighted by Crippen LogP contribution is -2.45. The van der Waals surface area contributed by atoms with Crippen LogP contribution in [-0.4, -0.2) is 38.2 Å². The average Bonchev–Trinajstić information content (AvgIpc) is 3.18. The standard InChI is InChI=1S/C17H24N4OS/c1-4-21(15-8-6-5-7-12(15)2)17(22)14-11-23-16(19-14)13-9-18-20(3)10-13/h9-12,15H,4-8H2,1-3H3. The van der Waals surface area contributed by atoms with E-state index in [1.54, 1.807) is 10.9 Å². The summed E-state index contributed by atoms with van der Waals surface area (Å²) in [5, 5.41) is 6.90. The first-order valence-corrected chi connectivity index (χ1v) is 9.23. The molecule has 5 nitrogen and oxygen atoms in total. The van der Waals surface area contributed by atoms with Gasteiger partial charge in [-0.15, -0.1) is 11.3 Å². The summed E-state index contributed by atoms with van der Waals surface area (Å²) in [6.07, 6.45) is 8.54. The summed E-state index contributed by atoms with van der Waals surface area (Å²) in [7, 11) is 1.88. The van der Waals surface area contributed by atoms with Gasteiger partial charge in [-0.1, -0.05) is 19.8 Å². The smallest absolute Gasteiger partial charge is 0.273 e. The number of nitrogens with zero attached hydrogens (tertiary/aromatic N) is 4. The summed E-state index contributed by atoms with van der Waals surface area (Å²) in [5.41, 5.74) is 1.53. The first-order chi connectivity index (χ1) is 11.1. The number of hydrogen-bond donors (Lipinski definition) is 0. The van der Waals surface area contributed by atoms with Gasteiger partial charge in [0, 0.05) is 36.8 Å². The number of aryl methyl sites for hydroxylation is 1. The molecule has 0 saturated heterocycles.